The number of fused-ring (bicyclic) bond motifs is 11. The van der Waals surface area contributed by atoms with Crippen LogP contribution < -0.4 is 0 Å². The van der Waals surface area contributed by atoms with Gasteiger partial charge in [0.1, 0.15) is 0 Å². The van der Waals surface area contributed by atoms with Gasteiger partial charge in [-0.25, -0.2) is 0 Å². The van der Waals surface area contributed by atoms with Gasteiger partial charge in [0.05, 0.1) is 0 Å². The maximum atomic E-state index is 2.42. The summed E-state index contributed by atoms with van der Waals surface area (Å²) in [6.45, 7) is 0. The minimum absolute atomic E-state index is 1.22. The largest absolute Gasteiger partial charge is 0.0622 e. The first-order valence-electron chi connectivity index (χ1n) is 17.3. The SMILES string of the molecule is c1ccc(-c2ccc(-c3ccc(-c4ccc5c6ccc(-c7ccccc7)cc6c6c7ccccc7c7ccccc7c6c5c4)cc3)cc2)cc1. The minimum atomic E-state index is 1.22. The zero-order valence-corrected chi connectivity index (χ0v) is 27.5. The molecule has 0 heteroatoms. The molecule has 0 aliphatic heterocycles. The van der Waals surface area contributed by atoms with E-state index in [0.29, 0.717) is 0 Å². The third-order valence-electron chi connectivity index (χ3n) is 10.5. The van der Waals surface area contributed by atoms with Crippen LogP contribution in [0.3, 0.4) is 0 Å². The molecule has 0 aliphatic rings. The fourth-order valence-electron chi connectivity index (χ4n) is 8.00. The Hall–Kier alpha value is -6.50. The molecule has 0 N–H and O–H groups in total. The van der Waals surface area contributed by atoms with E-state index in [2.05, 4.69) is 194 Å². The van der Waals surface area contributed by atoms with E-state index in [-0.39, 0.29) is 0 Å². The van der Waals surface area contributed by atoms with E-state index in [0.717, 1.165) is 0 Å². The Labute approximate surface area is 291 Å². The maximum Gasteiger partial charge on any atom is -0.00137 e. The summed E-state index contributed by atoms with van der Waals surface area (Å²) in [4.78, 5) is 0. The van der Waals surface area contributed by atoms with Gasteiger partial charge in [-0.05, 0) is 111 Å². The molecule has 0 saturated heterocycles. The van der Waals surface area contributed by atoms with Crippen molar-refractivity contribution >= 4 is 53.9 Å². The molecule has 10 aromatic rings. The summed E-state index contributed by atoms with van der Waals surface area (Å²) < 4.78 is 0. The summed E-state index contributed by atoms with van der Waals surface area (Å²) in [5, 5.41) is 13.0. The molecule has 50 heavy (non-hydrogen) atoms. The molecule has 0 unspecified atom stereocenters. The van der Waals surface area contributed by atoms with Crippen molar-refractivity contribution in [1.82, 2.24) is 0 Å². The average molecular weight is 633 g/mol. The van der Waals surface area contributed by atoms with E-state index >= 15 is 0 Å². The summed E-state index contributed by atoms with van der Waals surface area (Å²) in [6, 6.07) is 71.2. The normalized spacial score (nSPS) is 11.6. The Morgan fingerprint density at radius 3 is 0.820 bits per heavy atom. The van der Waals surface area contributed by atoms with Gasteiger partial charge in [-0.15, -0.1) is 0 Å². The highest BCUT2D eigenvalue weighted by Crippen LogP contribution is 2.45. The van der Waals surface area contributed by atoms with E-state index in [1.54, 1.807) is 0 Å². The van der Waals surface area contributed by atoms with E-state index in [4.69, 9.17) is 0 Å². The van der Waals surface area contributed by atoms with E-state index < -0.39 is 0 Å². The molecule has 0 saturated carbocycles. The van der Waals surface area contributed by atoms with Crippen LogP contribution in [0.1, 0.15) is 0 Å². The zero-order chi connectivity index (χ0) is 33.0. The maximum absolute atomic E-state index is 2.42. The van der Waals surface area contributed by atoms with Crippen molar-refractivity contribution in [3.8, 4) is 44.5 Å². The second-order valence-corrected chi connectivity index (χ2v) is 13.2. The second-order valence-electron chi connectivity index (χ2n) is 13.2. The molecule has 0 heterocycles. The number of hydrogen-bond acceptors (Lipinski definition) is 0. The first-order chi connectivity index (χ1) is 24.8. The van der Waals surface area contributed by atoms with Gasteiger partial charge in [-0.2, -0.15) is 0 Å². The molecule has 0 aliphatic carbocycles. The molecule has 10 aromatic carbocycles. The molecule has 0 atom stereocenters. The molecule has 0 spiro atoms. The topological polar surface area (TPSA) is 0 Å². The highest BCUT2D eigenvalue weighted by atomic mass is 14.2. The van der Waals surface area contributed by atoms with Crippen LogP contribution in [0, 0.1) is 0 Å². The van der Waals surface area contributed by atoms with Crippen molar-refractivity contribution in [2.24, 2.45) is 0 Å². The number of hydrogen-bond donors (Lipinski definition) is 0. The summed E-state index contributed by atoms with van der Waals surface area (Å²) in [7, 11) is 0. The van der Waals surface area contributed by atoms with E-state index in [9.17, 15) is 0 Å². The predicted molar refractivity (Wildman–Crippen MR) is 216 cm³/mol. The van der Waals surface area contributed by atoms with Crippen LogP contribution in [0.4, 0.5) is 0 Å². The fourth-order valence-corrected chi connectivity index (χ4v) is 8.00. The van der Waals surface area contributed by atoms with Gasteiger partial charge in [0.25, 0.3) is 0 Å². The Bertz CT molecular complexity index is 2860. The first-order valence-corrected chi connectivity index (χ1v) is 17.3. The van der Waals surface area contributed by atoms with Crippen molar-refractivity contribution < 1.29 is 0 Å². The van der Waals surface area contributed by atoms with Gasteiger partial charge in [0, 0.05) is 0 Å². The number of benzene rings is 10. The molecular weight excluding hydrogens is 601 g/mol. The summed E-state index contributed by atoms with van der Waals surface area (Å²) in [5.41, 5.74) is 9.83. The molecule has 0 radical (unpaired) electrons. The Kier molecular flexibility index (Phi) is 6.60. The highest BCUT2D eigenvalue weighted by molar-refractivity contribution is 6.39. The van der Waals surface area contributed by atoms with Crippen molar-refractivity contribution in [3.05, 3.63) is 194 Å². The molecule has 10 rings (SSSR count). The number of rotatable bonds is 4. The molecule has 0 nitrogen and oxygen atoms in total. The van der Waals surface area contributed by atoms with Crippen LogP contribution in [0.5, 0.6) is 0 Å². The lowest BCUT2D eigenvalue weighted by Gasteiger charge is -2.18. The van der Waals surface area contributed by atoms with Gasteiger partial charge in [0.2, 0.25) is 0 Å². The standard InChI is InChI=1S/C50H32/c1-3-11-33(12-4-1)35-19-21-36(22-20-35)37-23-25-38(26-24-37)40-28-30-44-43-29-27-39(34-13-5-2-6-14-34)31-47(43)49-45-17-9-7-15-41(45)42-16-8-10-18-46(42)50(49)48(44)32-40/h1-32H. The summed E-state index contributed by atoms with van der Waals surface area (Å²) >= 11 is 0. The minimum Gasteiger partial charge on any atom is -0.0622 e. The van der Waals surface area contributed by atoms with Crippen LogP contribution in [-0.4, -0.2) is 0 Å². The van der Waals surface area contributed by atoms with Crippen LogP contribution in [0.25, 0.3) is 98.4 Å². The molecular formula is C50H32. The Morgan fingerprint density at radius 1 is 0.160 bits per heavy atom. The highest BCUT2D eigenvalue weighted by Gasteiger charge is 2.17. The van der Waals surface area contributed by atoms with Crippen molar-refractivity contribution in [2.45, 2.75) is 0 Å². The fraction of sp³-hybridized carbons (Fsp3) is 0. The van der Waals surface area contributed by atoms with Gasteiger partial charge in [-0.3, -0.25) is 0 Å². The Morgan fingerprint density at radius 2 is 0.420 bits per heavy atom. The van der Waals surface area contributed by atoms with Crippen LogP contribution in [-0.2, 0) is 0 Å². The van der Waals surface area contributed by atoms with Gasteiger partial charge in [0.15, 0.2) is 0 Å². The Balaban J connectivity index is 1.18. The second kappa shape index (κ2) is 11.6. The van der Waals surface area contributed by atoms with Crippen LogP contribution in [0.2, 0.25) is 0 Å². The molecule has 0 bridgehead atoms. The average Bonchev–Trinajstić information content (AvgIpc) is 3.21. The summed E-state index contributed by atoms with van der Waals surface area (Å²) in [5.74, 6) is 0. The zero-order valence-electron chi connectivity index (χ0n) is 27.5. The lowest BCUT2D eigenvalue weighted by molar-refractivity contribution is 1.58. The van der Waals surface area contributed by atoms with Gasteiger partial charge < -0.3 is 0 Å². The smallest absolute Gasteiger partial charge is 0.00137 e. The molecule has 232 valence electrons. The van der Waals surface area contributed by atoms with Crippen LogP contribution >= 0.6 is 0 Å². The molecule has 0 fully saturated rings. The monoisotopic (exact) mass is 632 g/mol. The molecule has 0 aromatic heterocycles. The van der Waals surface area contributed by atoms with Crippen molar-refractivity contribution in [1.29, 1.82) is 0 Å². The van der Waals surface area contributed by atoms with Gasteiger partial charge >= 0.3 is 0 Å². The van der Waals surface area contributed by atoms with Crippen molar-refractivity contribution in [3.63, 3.8) is 0 Å². The third-order valence-corrected chi connectivity index (χ3v) is 10.5. The van der Waals surface area contributed by atoms with Gasteiger partial charge in [-0.1, -0.05) is 182 Å². The lowest BCUT2D eigenvalue weighted by Crippen LogP contribution is -1.90. The quantitative estimate of drug-likeness (QED) is 0.169. The van der Waals surface area contributed by atoms with E-state index in [1.807, 2.05) is 0 Å². The van der Waals surface area contributed by atoms with E-state index in [1.165, 1.54) is 98.4 Å². The van der Waals surface area contributed by atoms with Crippen molar-refractivity contribution in [2.75, 3.05) is 0 Å². The molecule has 0 amide bonds. The summed E-state index contributed by atoms with van der Waals surface area (Å²) in [6.07, 6.45) is 0. The lowest BCUT2D eigenvalue weighted by atomic mass is 9.85. The predicted octanol–water partition coefficient (Wildman–Crippen LogP) is 14.1. The first kappa shape index (κ1) is 28.5. The van der Waals surface area contributed by atoms with Crippen LogP contribution in [0.15, 0.2) is 194 Å². The third kappa shape index (κ3) is 4.61.